The van der Waals surface area contributed by atoms with Gasteiger partial charge < -0.3 is 15.2 Å². The standard InChI is InChI=1S/C11H14ClNO3/c1-3-16-9(14)6-7-4-5-8(15-2)10(12)11(7)13/h4-5H,3,6,13H2,1-2H3. The minimum Gasteiger partial charge on any atom is -0.495 e. The van der Waals surface area contributed by atoms with Gasteiger partial charge in [-0.3, -0.25) is 4.79 Å². The van der Waals surface area contributed by atoms with Crippen LogP contribution in [0.4, 0.5) is 5.69 Å². The van der Waals surface area contributed by atoms with Crippen LogP contribution in [0.2, 0.25) is 5.02 Å². The number of esters is 1. The third-order valence-electron chi connectivity index (χ3n) is 2.09. The van der Waals surface area contributed by atoms with Crippen LogP contribution >= 0.6 is 11.6 Å². The molecule has 5 heteroatoms. The molecule has 0 amide bonds. The van der Waals surface area contributed by atoms with Gasteiger partial charge in [0, 0.05) is 0 Å². The molecule has 0 bridgehead atoms. The summed E-state index contributed by atoms with van der Waals surface area (Å²) in [5, 5.41) is 0.323. The number of hydrogen-bond acceptors (Lipinski definition) is 4. The van der Waals surface area contributed by atoms with Crippen molar-refractivity contribution in [3.63, 3.8) is 0 Å². The molecule has 0 aliphatic heterocycles. The molecule has 0 spiro atoms. The van der Waals surface area contributed by atoms with E-state index in [0.717, 1.165) is 0 Å². The molecule has 0 unspecified atom stereocenters. The van der Waals surface area contributed by atoms with Crippen LogP contribution in [0.5, 0.6) is 5.75 Å². The zero-order valence-corrected chi connectivity index (χ0v) is 10.0. The number of carbonyl (C=O) groups excluding carboxylic acids is 1. The van der Waals surface area contributed by atoms with Gasteiger partial charge in [-0.15, -0.1) is 0 Å². The first-order valence-electron chi connectivity index (χ1n) is 4.86. The van der Waals surface area contributed by atoms with E-state index in [9.17, 15) is 4.79 Å². The topological polar surface area (TPSA) is 61.5 Å². The van der Waals surface area contributed by atoms with E-state index >= 15 is 0 Å². The monoisotopic (exact) mass is 243 g/mol. The maximum Gasteiger partial charge on any atom is 0.310 e. The molecule has 88 valence electrons. The molecule has 16 heavy (non-hydrogen) atoms. The van der Waals surface area contributed by atoms with E-state index in [2.05, 4.69) is 0 Å². The van der Waals surface area contributed by atoms with E-state index in [0.29, 0.717) is 28.6 Å². The van der Waals surface area contributed by atoms with Gasteiger partial charge in [-0.1, -0.05) is 17.7 Å². The quantitative estimate of drug-likeness (QED) is 0.649. The number of methoxy groups -OCH3 is 1. The van der Waals surface area contributed by atoms with Gasteiger partial charge in [-0.2, -0.15) is 0 Å². The number of rotatable bonds is 4. The van der Waals surface area contributed by atoms with Gasteiger partial charge in [0.05, 0.1) is 25.8 Å². The third-order valence-corrected chi connectivity index (χ3v) is 2.48. The Bertz CT molecular complexity index is 393. The number of halogens is 1. The van der Waals surface area contributed by atoms with E-state index in [1.165, 1.54) is 7.11 Å². The van der Waals surface area contributed by atoms with E-state index in [1.54, 1.807) is 19.1 Å². The maximum absolute atomic E-state index is 11.3. The number of nitrogens with two attached hydrogens (primary N) is 1. The lowest BCUT2D eigenvalue weighted by molar-refractivity contribution is -0.142. The lowest BCUT2D eigenvalue weighted by Gasteiger charge is -2.10. The van der Waals surface area contributed by atoms with E-state index in [-0.39, 0.29) is 12.4 Å². The van der Waals surface area contributed by atoms with Crippen LogP contribution in [0.25, 0.3) is 0 Å². The summed E-state index contributed by atoms with van der Waals surface area (Å²) in [4.78, 5) is 11.3. The van der Waals surface area contributed by atoms with Crippen LogP contribution in [-0.2, 0) is 16.0 Å². The lowest BCUT2D eigenvalue weighted by Crippen LogP contribution is -2.09. The Labute approximate surface area is 99.3 Å². The number of carbonyl (C=O) groups is 1. The zero-order chi connectivity index (χ0) is 12.1. The molecule has 0 aliphatic rings. The average Bonchev–Trinajstić information content (AvgIpc) is 2.25. The van der Waals surface area contributed by atoms with Crippen LogP contribution in [0.15, 0.2) is 12.1 Å². The van der Waals surface area contributed by atoms with E-state index < -0.39 is 0 Å². The van der Waals surface area contributed by atoms with Crippen molar-refractivity contribution in [1.82, 2.24) is 0 Å². The van der Waals surface area contributed by atoms with Crippen LogP contribution in [0.1, 0.15) is 12.5 Å². The molecule has 0 aromatic heterocycles. The Hall–Kier alpha value is -1.42. The summed E-state index contributed by atoms with van der Waals surface area (Å²) in [6.45, 7) is 2.10. The fourth-order valence-corrected chi connectivity index (χ4v) is 1.55. The van der Waals surface area contributed by atoms with Crippen LogP contribution < -0.4 is 10.5 Å². The molecular weight excluding hydrogens is 230 g/mol. The van der Waals surface area contributed by atoms with Gasteiger partial charge in [0.1, 0.15) is 10.8 Å². The molecule has 0 radical (unpaired) electrons. The highest BCUT2D eigenvalue weighted by molar-refractivity contribution is 6.34. The summed E-state index contributed by atoms with van der Waals surface area (Å²) in [5.41, 5.74) is 6.78. The number of nitrogen functional groups attached to an aromatic ring is 1. The van der Waals surface area contributed by atoms with Gasteiger partial charge >= 0.3 is 5.97 Å². The van der Waals surface area contributed by atoms with Crippen LogP contribution in [0.3, 0.4) is 0 Å². The van der Waals surface area contributed by atoms with Crippen molar-refractivity contribution in [1.29, 1.82) is 0 Å². The van der Waals surface area contributed by atoms with Gasteiger partial charge in [-0.05, 0) is 18.6 Å². The highest BCUT2D eigenvalue weighted by atomic mass is 35.5. The van der Waals surface area contributed by atoms with Crippen LogP contribution in [0, 0.1) is 0 Å². The highest BCUT2D eigenvalue weighted by Crippen LogP contribution is 2.32. The van der Waals surface area contributed by atoms with Crippen LogP contribution in [-0.4, -0.2) is 19.7 Å². The van der Waals surface area contributed by atoms with Gasteiger partial charge in [0.25, 0.3) is 0 Å². The lowest BCUT2D eigenvalue weighted by atomic mass is 10.1. The normalized spacial score (nSPS) is 9.94. The first kappa shape index (κ1) is 12.6. The van der Waals surface area contributed by atoms with Crippen molar-refractivity contribution >= 4 is 23.3 Å². The average molecular weight is 244 g/mol. The molecule has 1 rings (SSSR count). The number of anilines is 1. The Kier molecular flexibility index (Phi) is 4.43. The first-order valence-corrected chi connectivity index (χ1v) is 5.24. The summed E-state index contributed by atoms with van der Waals surface area (Å²) >= 11 is 5.96. The second-order valence-corrected chi connectivity index (χ2v) is 3.51. The molecule has 1 aromatic carbocycles. The summed E-state index contributed by atoms with van der Waals surface area (Å²) < 4.78 is 9.83. The minimum absolute atomic E-state index is 0.114. The van der Waals surface area contributed by atoms with Crippen molar-refractivity contribution in [2.45, 2.75) is 13.3 Å². The smallest absolute Gasteiger partial charge is 0.310 e. The largest absolute Gasteiger partial charge is 0.495 e. The summed E-state index contributed by atoms with van der Waals surface area (Å²) in [7, 11) is 1.51. The molecule has 4 nitrogen and oxygen atoms in total. The van der Waals surface area contributed by atoms with Crippen molar-refractivity contribution in [2.75, 3.05) is 19.5 Å². The fourth-order valence-electron chi connectivity index (χ4n) is 1.29. The Morgan fingerprint density at radius 2 is 2.19 bits per heavy atom. The highest BCUT2D eigenvalue weighted by Gasteiger charge is 2.12. The second kappa shape index (κ2) is 5.61. The van der Waals surface area contributed by atoms with Gasteiger partial charge in [-0.25, -0.2) is 0 Å². The molecule has 1 aromatic rings. The maximum atomic E-state index is 11.3. The predicted molar refractivity (Wildman–Crippen MR) is 62.8 cm³/mol. The molecule has 0 saturated carbocycles. The van der Waals surface area contributed by atoms with Gasteiger partial charge in [0.15, 0.2) is 0 Å². The van der Waals surface area contributed by atoms with Crippen molar-refractivity contribution < 1.29 is 14.3 Å². The fraction of sp³-hybridized carbons (Fsp3) is 0.364. The summed E-state index contributed by atoms with van der Waals surface area (Å²) in [6, 6.07) is 3.38. The Morgan fingerprint density at radius 3 is 2.75 bits per heavy atom. The van der Waals surface area contributed by atoms with Crippen molar-refractivity contribution in [2.24, 2.45) is 0 Å². The first-order chi connectivity index (χ1) is 7.60. The molecular formula is C11H14ClNO3. The Balaban J connectivity index is 2.90. The number of benzene rings is 1. The third kappa shape index (κ3) is 2.79. The zero-order valence-electron chi connectivity index (χ0n) is 9.25. The molecule has 0 saturated heterocycles. The van der Waals surface area contributed by atoms with Gasteiger partial charge in [0.2, 0.25) is 0 Å². The summed E-state index contributed by atoms with van der Waals surface area (Å²) in [5.74, 6) is 0.169. The van der Waals surface area contributed by atoms with E-state index in [4.69, 9.17) is 26.8 Å². The molecule has 0 aliphatic carbocycles. The SMILES string of the molecule is CCOC(=O)Cc1ccc(OC)c(Cl)c1N. The molecule has 0 fully saturated rings. The van der Waals surface area contributed by atoms with E-state index in [1.807, 2.05) is 0 Å². The molecule has 2 N–H and O–H groups in total. The predicted octanol–water partition coefficient (Wildman–Crippen LogP) is 2.04. The van der Waals surface area contributed by atoms with Crippen molar-refractivity contribution in [3.05, 3.63) is 22.7 Å². The second-order valence-electron chi connectivity index (χ2n) is 3.14. The number of ether oxygens (including phenoxy) is 2. The molecule has 0 atom stereocenters. The Morgan fingerprint density at radius 1 is 1.50 bits per heavy atom. The minimum atomic E-state index is -0.324. The summed E-state index contributed by atoms with van der Waals surface area (Å²) in [6.07, 6.45) is 0.114. The molecule has 0 heterocycles. The number of hydrogen-bond donors (Lipinski definition) is 1. The van der Waals surface area contributed by atoms with Crippen molar-refractivity contribution in [3.8, 4) is 5.75 Å².